The zero-order chi connectivity index (χ0) is 38.2. The van der Waals surface area contributed by atoms with Crippen molar-refractivity contribution in [3.8, 4) is 17.2 Å². The molecule has 0 aromatic heterocycles. The molecule has 2 aliphatic heterocycles. The van der Waals surface area contributed by atoms with Gasteiger partial charge in [-0.15, -0.1) is 0 Å². The number of likely N-dealkylation sites (tertiary alicyclic amines) is 1. The van der Waals surface area contributed by atoms with Crippen molar-refractivity contribution in [3.63, 3.8) is 0 Å². The number of piperidine rings is 1. The predicted octanol–water partition coefficient (Wildman–Crippen LogP) is 4.35. The zero-order valence-corrected chi connectivity index (χ0v) is 32.1. The van der Waals surface area contributed by atoms with Gasteiger partial charge in [-0.2, -0.15) is 0 Å². The molecule has 8 rings (SSSR count). The molecule has 55 heavy (non-hydrogen) atoms. The lowest BCUT2D eigenvalue weighted by Gasteiger charge is -2.62. The number of ketones is 1. The summed E-state index contributed by atoms with van der Waals surface area (Å²) in [4.78, 5) is 30.7. The first-order valence-corrected chi connectivity index (χ1v) is 20.1. The van der Waals surface area contributed by atoms with Gasteiger partial charge in [-0.05, 0) is 81.4 Å². The summed E-state index contributed by atoms with van der Waals surface area (Å²) in [7, 11) is 2.10. The first-order chi connectivity index (χ1) is 26.7. The average Bonchev–Trinajstić information content (AvgIpc) is 3.86. The standard InChI is InChI=1S/C44H55N3O8/c1-29-8-11-33(12-9-29)54-37(30-6-4-3-5-7-30)15-19-46(2)21-23-53-25-24-52-22-18-45-42(50)34-26-32(34)28-47-20-17-43-39-31-10-13-35(48)40(39)55-41(43)36(49)14-16-44(43,51)38(47)27-31/h3-13,32,34,37-38,41,48,51H,14-28H2,1-2H3,(H,45,50)/t32?,34?,37?,38-,41?,43+,44-/m1/s1. The molecule has 3 aromatic rings. The number of likely N-dealkylation sites (N-methyl/N-ethyl adjacent to an activating group) is 1. The minimum absolute atomic E-state index is 0.00346. The summed E-state index contributed by atoms with van der Waals surface area (Å²) in [5.74, 6) is 1.54. The predicted molar refractivity (Wildman–Crippen MR) is 206 cm³/mol. The van der Waals surface area contributed by atoms with Gasteiger partial charge in [0.2, 0.25) is 5.91 Å². The molecule has 3 aromatic carbocycles. The number of hydrogen-bond donors (Lipinski definition) is 3. The van der Waals surface area contributed by atoms with Gasteiger partial charge in [-0.3, -0.25) is 14.5 Å². The number of rotatable bonds is 18. The molecule has 4 unspecified atom stereocenters. The van der Waals surface area contributed by atoms with Gasteiger partial charge in [0.05, 0.1) is 37.4 Å². The molecule has 3 fully saturated rings. The Balaban J connectivity index is 0.712. The molecule has 7 atom stereocenters. The number of aryl methyl sites for hydroxylation is 1. The SMILES string of the molecule is Cc1ccc(OC(CCN(C)CCOCCOCCNC(=O)C2CC2CN2CC[C@]34c5c6ccc(O)c5OC3C(=O)CC[C@@]4(O)[C@H]2C6)c2ccccc2)cc1. The fourth-order valence-electron chi connectivity index (χ4n) is 9.81. The Bertz CT molecular complexity index is 1840. The number of aliphatic hydroxyl groups is 1. The number of amides is 1. The van der Waals surface area contributed by atoms with E-state index in [4.69, 9.17) is 18.9 Å². The molecule has 5 aliphatic rings. The molecule has 3 N–H and O–H groups in total. The molecule has 11 nitrogen and oxygen atoms in total. The second kappa shape index (κ2) is 15.9. The van der Waals surface area contributed by atoms with Gasteiger partial charge < -0.3 is 39.4 Å². The Morgan fingerprint density at radius 2 is 1.80 bits per heavy atom. The third-order valence-electron chi connectivity index (χ3n) is 12.9. The van der Waals surface area contributed by atoms with Crippen LogP contribution in [0.15, 0.2) is 66.7 Å². The van der Waals surface area contributed by atoms with Crippen LogP contribution in [0.25, 0.3) is 0 Å². The third kappa shape index (κ3) is 7.37. The van der Waals surface area contributed by atoms with Gasteiger partial charge in [-0.1, -0.05) is 54.1 Å². The molecular formula is C44H55N3O8. The molecule has 2 saturated carbocycles. The summed E-state index contributed by atoms with van der Waals surface area (Å²) < 4.78 is 24.1. The summed E-state index contributed by atoms with van der Waals surface area (Å²) in [6.07, 6.45) is 2.76. The van der Waals surface area contributed by atoms with Crippen LogP contribution in [0.5, 0.6) is 17.2 Å². The number of phenolic OH excluding ortho intramolecular Hbond substituents is 1. The molecule has 2 bridgehead atoms. The smallest absolute Gasteiger partial charge is 0.223 e. The van der Waals surface area contributed by atoms with E-state index in [2.05, 4.69) is 53.4 Å². The van der Waals surface area contributed by atoms with Gasteiger partial charge in [-0.25, -0.2) is 0 Å². The fraction of sp³-hybridized carbons (Fsp3) is 0.545. The fourth-order valence-corrected chi connectivity index (χ4v) is 9.81. The van der Waals surface area contributed by atoms with Crippen LogP contribution in [-0.4, -0.2) is 116 Å². The summed E-state index contributed by atoms with van der Waals surface area (Å²) in [5.41, 5.74) is 2.32. The van der Waals surface area contributed by atoms with E-state index in [1.807, 2.05) is 36.4 Å². The van der Waals surface area contributed by atoms with E-state index in [-0.39, 0.29) is 47.8 Å². The highest BCUT2D eigenvalue weighted by Crippen LogP contribution is 2.65. The maximum atomic E-state index is 13.1. The Morgan fingerprint density at radius 3 is 2.60 bits per heavy atom. The number of carbonyl (C=O) groups is 2. The first kappa shape index (κ1) is 37.9. The van der Waals surface area contributed by atoms with E-state index < -0.39 is 17.1 Å². The highest BCUT2D eigenvalue weighted by molar-refractivity contribution is 5.90. The minimum atomic E-state index is -1.12. The monoisotopic (exact) mass is 753 g/mol. The summed E-state index contributed by atoms with van der Waals surface area (Å²) in [5, 5.41) is 26.1. The largest absolute Gasteiger partial charge is 0.504 e. The van der Waals surface area contributed by atoms with Crippen LogP contribution >= 0.6 is 0 Å². The number of hydrogen-bond acceptors (Lipinski definition) is 10. The molecule has 2 heterocycles. The van der Waals surface area contributed by atoms with Crippen molar-refractivity contribution in [1.29, 1.82) is 0 Å². The third-order valence-corrected chi connectivity index (χ3v) is 12.9. The van der Waals surface area contributed by atoms with Crippen LogP contribution in [0.1, 0.15) is 60.5 Å². The van der Waals surface area contributed by atoms with Crippen molar-refractivity contribution in [3.05, 3.63) is 89.0 Å². The Hall–Kier alpha value is -4.00. The number of ether oxygens (including phenoxy) is 4. The van der Waals surface area contributed by atoms with Crippen molar-refractivity contribution < 1.29 is 38.7 Å². The lowest BCUT2D eigenvalue weighted by Crippen LogP contribution is -2.76. The molecule has 3 aliphatic carbocycles. The Labute approximate surface area is 323 Å². The molecule has 1 amide bonds. The summed E-state index contributed by atoms with van der Waals surface area (Å²) in [6.45, 7) is 7.64. The van der Waals surface area contributed by atoms with E-state index in [1.165, 1.54) is 11.1 Å². The maximum absolute atomic E-state index is 13.1. The van der Waals surface area contributed by atoms with Crippen LogP contribution in [-0.2, 0) is 30.9 Å². The number of aromatic hydroxyl groups is 1. The van der Waals surface area contributed by atoms with Crippen molar-refractivity contribution in [1.82, 2.24) is 15.1 Å². The molecule has 11 heteroatoms. The van der Waals surface area contributed by atoms with Crippen LogP contribution in [0.2, 0.25) is 0 Å². The van der Waals surface area contributed by atoms with Crippen LogP contribution in [0.4, 0.5) is 0 Å². The van der Waals surface area contributed by atoms with Crippen LogP contribution in [0.3, 0.4) is 0 Å². The quantitative estimate of drug-likeness (QED) is 0.161. The number of nitrogens with one attached hydrogen (secondary N) is 1. The number of Topliss-reactive ketones (excluding diaryl/α,β-unsaturated/α-hetero) is 1. The topological polar surface area (TPSA) is 130 Å². The molecule has 1 saturated heterocycles. The molecule has 294 valence electrons. The maximum Gasteiger partial charge on any atom is 0.223 e. The average molecular weight is 754 g/mol. The normalized spacial score (nSPS) is 28.0. The van der Waals surface area contributed by atoms with E-state index >= 15 is 0 Å². The molecule has 0 radical (unpaired) electrons. The van der Waals surface area contributed by atoms with E-state index in [9.17, 15) is 19.8 Å². The number of nitrogens with zero attached hydrogens (tertiary/aromatic N) is 2. The first-order valence-electron chi connectivity index (χ1n) is 20.1. The van der Waals surface area contributed by atoms with Gasteiger partial charge in [0.1, 0.15) is 11.9 Å². The number of phenols is 1. The second-order valence-corrected chi connectivity index (χ2v) is 16.3. The molecular weight excluding hydrogens is 698 g/mol. The zero-order valence-electron chi connectivity index (χ0n) is 32.1. The van der Waals surface area contributed by atoms with E-state index in [1.54, 1.807) is 6.07 Å². The van der Waals surface area contributed by atoms with Crippen molar-refractivity contribution in [2.45, 2.75) is 74.7 Å². The molecule has 1 spiro atoms. The lowest BCUT2D eigenvalue weighted by molar-refractivity contribution is -0.189. The number of benzene rings is 3. The second-order valence-electron chi connectivity index (χ2n) is 16.3. The van der Waals surface area contributed by atoms with Gasteiger partial charge in [0, 0.05) is 56.5 Å². The van der Waals surface area contributed by atoms with Crippen LogP contribution in [0, 0.1) is 18.8 Å². The van der Waals surface area contributed by atoms with Crippen LogP contribution < -0.4 is 14.8 Å². The number of carbonyl (C=O) groups excluding carboxylic acids is 2. The minimum Gasteiger partial charge on any atom is -0.504 e. The van der Waals surface area contributed by atoms with Crippen molar-refractivity contribution in [2.24, 2.45) is 11.8 Å². The highest BCUT2D eigenvalue weighted by Gasteiger charge is 2.73. The van der Waals surface area contributed by atoms with Crippen molar-refractivity contribution in [2.75, 3.05) is 66.2 Å². The van der Waals surface area contributed by atoms with E-state index in [0.29, 0.717) is 64.5 Å². The Kier molecular flexibility index (Phi) is 10.9. The van der Waals surface area contributed by atoms with Crippen molar-refractivity contribution >= 4 is 11.7 Å². The van der Waals surface area contributed by atoms with E-state index in [0.717, 1.165) is 49.4 Å². The lowest BCUT2D eigenvalue weighted by atomic mass is 9.49. The van der Waals surface area contributed by atoms with Gasteiger partial charge >= 0.3 is 0 Å². The summed E-state index contributed by atoms with van der Waals surface area (Å²) >= 11 is 0. The van der Waals surface area contributed by atoms with Gasteiger partial charge in [0.15, 0.2) is 23.4 Å². The van der Waals surface area contributed by atoms with Gasteiger partial charge in [0.25, 0.3) is 0 Å². The summed E-state index contributed by atoms with van der Waals surface area (Å²) in [6, 6.07) is 22.0. The Morgan fingerprint density at radius 1 is 1.02 bits per heavy atom. The highest BCUT2D eigenvalue weighted by atomic mass is 16.5.